The van der Waals surface area contributed by atoms with Crippen LogP contribution >= 0.6 is 0 Å². The predicted octanol–water partition coefficient (Wildman–Crippen LogP) is 3.88. The summed E-state index contributed by atoms with van der Waals surface area (Å²) in [5, 5.41) is 22.1. The molecule has 3 amide bonds. The number of amides is 3. The standard InChI is InChI=1S/C14H20FN3O4.C14H18FN3O3/c1-14(2,3)22-13(21)18-11(12(19)20)7-17-10-5-4-8(15)6-9(10)16;1-14(2,3)21-13(20)18-11-7-16-9-5-4-8(15)6-10(9)17-12(11)19/h4-6,11,17H,7,16H2,1-3H3,(H,18,21)(H,19,20);4-6,11,16H,7H2,1-3H3,(H,17,19)(H,18,20)/t2*11-/m00/s1. The van der Waals surface area contributed by atoms with Gasteiger partial charge in [0.25, 0.3) is 0 Å². The average Bonchev–Trinajstić information content (AvgIpc) is 2.98. The number of carboxylic acid groups (broad SMARTS) is 1. The molecule has 0 spiro atoms. The fraction of sp³-hybridized carbons (Fsp3) is 0.429. The van der Waals surface area contributed by atoms with Gasteiger partial charge in [0.15, 0.2) is 0 Å². The molecule has 0 radical (unpaired) electrons. The second kappa shape index (κ2) is 14.4. The molecule has 0 unspecified atom stereocenters. The van der Waals surface area contributed by atoms with Crippen molar-refractivity contribution in [3.05, 3.63) is 48.0 Å². The van der Waals surface area contributed by atoms with Crippen molar-refractivity contribution in [1.82, 2.24) is 10.6 Å². The van der Waals surface area contributed by atoms with Crippen LogP contribution in [0, 0.1) is 11.6 Å². The molecule has 15 heteroatoms. The molecule has 0 bridgehead atoms. The molecule has 236 valence electrons. The number of carbonyl (C=O) groups is 4. The van der Waals surface area contributed by atoms with E-state index in [4.69, 9.17) is 20.3 Å². The molecule has 2 aromatic carbocycles. The molecule has 0 saturated heterocycles. The van der Waals surface area contributed by atoms with Gasteiger partial charge in [0.1, 0.15) is 34.9 Å². The topological polar surface area (TPSA) is 193 Å². The second-order valence-corrected chi connectivity index (χ2v) is 11.4. The van der Waals surface area contributed by atoms with Gasteiger partial charge in [-0.25, -0.2) is 23.2 Å². The summed E-state index contributed by atoms with van der Waals surface area (Å²) in [6.07, 6.45) is -1.52. The Hall–Kier alpha value is -4.82. The fourth-order valence-electron chi connectivity index (χ4n) is 3.42. The van der Waals surface area contributed by atoms with E-state index in [0.717, 1.165) is 6.07 Å². The quantitative estimate of drug-likeness (QED) is 0.237. The van der Waals surface area contributed by atoms with Crippen LogP contribution in [0.2, 0.25) is 0 Å². The predicted molar refractivity (Wildman–Crippen MR) is 157 cm³/mol. The minimum Gasteiger partial charge on any atom is -0.480 e. The van der Waals surface area contributed by atoms with Gasteiger partial charge in [-0.2, -0.15) is 0 Å². The van der Waals surface area contributed by atoms with Crippen LogP contribution in [0.25, 0.3) is 0 Å². The molecule has 3 rings (SSSR count). The molecule has 1 aliphatic heterocycles. The molecule has 1 heterocycles. The minimum atomic E-state index is -1.24. The highest BCUT2D eigenvalue weighted by Crippen LogP contribution is 2.25. The molecule has 0 fully saturated rings. The van der Waals surface area contributed by atoms with Crippen molar-refractivity contribution in [3.8, 4) is 0 Å². The Labute approximate surface area is 247 Å². The van der Waals surface area contributed by atoms with Gasteiger partial charge in [-0.15, -0.1) is 0 Å². The zero-order chi connectivity index (χ0) is 32.5. The van der Waals surface area contributed by atoms with Gasteiger partial charge >= 0.3 is 18.2 Å². The summed E-state index contributed by atoms with van der Waals surface area (Å²) in [6, 6.07) is 5.69. The number of hydrogen-bond donors (Lipinski definition) is 7. The maximum atomic E-state index is 13.2. The number of anilines is 4. The monoisotopic (exact) mass is 608 g/mol. The van der Waals surface area contributed by atoms with Crippen molar-refractivity contribution < 1.29 is 42.5 Å². The van der Waals surface area contributed by atoms with Crippen molar-refractivity contribution >= 4 is 46.8 Å². The summed E-state index contributed by atoms with van der Waals surface area (Å²) in [7, 11) is 0. The van der Waals surface area contributed by atoms with Crippen LogP contribution in [-0.2, 0) is 19.1 Å². The van der Waals surface area contributed by atoms with Crippen molar-refractivity contribution in [3.63, 3.8) is 0 Å². The number of nitrogens with two attached hydrogens (primary N) is 1. The highest BCUT2D eigenvalue weighted by Gasteiger charge is 2.27. The fourth-order valence-corrected chi connectivity index (χ4v) is 3.42. The zero-order valence-corrected chi connectivity index (χ0v) is 24.8. The molecule has 0 aliphatic carbocycles. The molecule has 0 saturated carbocycles. The summed E-state index contributed by atoms with van der Waals surface area (Å²) in [5.41, 5.74) is 5.67. The lowest BCUT2D eigenvalue weighted by Gasteiger charge is -2.22. The Kier molecular flexibility index (Phi) is 11.5. The molecule has 2 aromatic rings. The molecular weight excluding hydrogens is 570 g/mol. The van der Waals surface area contributed by atoms with E-state index in [2.05, 4.69) is 26.6 Å². The second-order valence-electron chi connectivity index (χ2n) is 11.4. The highest BCUT2D eigenvalue weighted by atomic mass is 19.1. The number of hydrogen-bond acceptors (Lipinski definition) is 9. The van der Waals surface area contributed by atoms with Crippen LogP contribution in [-0.4, -0.2) is 65.5 Å². The Bertz CT molecular complexity index is 1330. The molecule has 13 nitrogen and oxygen atoms in total. The van der Waals surface area contributed by atoms with Crippen LogP contribution in [0.4, 0.5) is 41.1 Å². The van der Waals surface area contributed by atoms with E-state index in [1.807, 2.05) is 0 Å². The zero-order valence-electron chi connectivity index (χ0n) is 24.8. The van der Waals surface area contributed by atoms with Gasteiger partial charge in [0, 0.05) is 13.1 Å². The van der Waals surface area contributed by atoms with Crippen LogP contribution < -0.4 is 32.3 Å². The number of alkyl carbamates (subject to hydrolysis) is 2. The molecule has 43 heavy (non-hydrogen) atoms. The Morgan fingerprint density at radius 1 is 0.977 bits per heavy atom. The third-order valence-corrected chi connectivity index (χ3v) is 5.24. The number of nitrogens with one attached hydrogen (secondary N) is 5. The van der Waals surface area contributed by atoms with E-state index >= 15 is 0 Å². The van der Waals surface area contributed by atoms with Crippen molar-refractivity contribution in [2.24, 2.45) is 0 Å². The van der Waals surface area contributed by atoms with Crippen molar-refractivity contribution in [1.29, 1.82) is 0 Å². The van der Waals surface area contributed by atoms with E-state index in [1.165, 1.54) is 30.3 Å². The smallest absolute Gasteiger partial charge is 0.408 e. The first kappa shape index (κ1) is 34.4. The van der Waals surface area contributed by atoms with E-state index in [9.17, 15) is 28.0 Å². The summed E-state index contributed by atoms with van der Waals surface area (Å²) in [4.78, 5) is 46.5. The largest absolute Gasteiger partial charge is 0.480 e. The highest BCUT2D eigenvalue weighted by molar-refractivity contribution is 6.00. The van der Waals surface area contributed by atoms with E-state index in [-0.39, 0.29) is 18.8 Å². The number of fused-ring (bicyclic) bond motifs is 1. The molecular formula is C28H38F2N6O7. The summed E-state index contributed by atoms with van der Waals surface area (Å²) < 4.78 is 36.2. The minimum absolute atomic E-state index is 0.135. The third kappa shape index (κ3) is 12.3. The normalized spacial score (nSPS) is 15.1. The SMILES string of the molecule is CC(C)(C)OC(=O)N[C@@H](CNc1ccc(F)cc1N)C(=O)O.CC(C)(C)OC(=O)N[C@H]1CNc2ccc(F)cc2NC1=O. The maximum Gasteiger partial charge on any atom is 0.408 e. The first-order valence-electron chi connectivity index (χ1n) is 13.2. The van der Waals surface area contributed by atoms with Crippen LogP contribution in [0.5, 0.6) is 0 Å². The lowest BCUT2D eigenvalue weighted by Crippen LogP contribution is -2.48. The lowest BCUT2D eigenvalue weighted by molar-refractivity contribution is -0.139. The van der Waals surface area contributed by atoms with Crippen LogP contribution in [0.3, 0.4) is 0 Å². The molecule has 1 aliphatic rings. The number of aliphatic carboxylic acids is 1. The van der Waals surface area contributed by atoms with Crippen LogP contribution in [0.15, 0.2) is 36.4 Å². The van der Waals surface area contributed by atoms with Gasteiger partial charge in [-0.1, -0.05) is 0 Å². The number of carboxylic acids is 1. The van der Waals surface area contributed by atoms with Gasteiger partial charge < -0.3 is 46.9 Å². The molecule has 0 aromatic heterocycles. The number of carbonyl (C=O) groups excluding carboxylic acids is 3. The van der Waals surface area contributed by atoms with Crippen LogP contribution in [0.1, 0.15) is 41.5 Å². The number of benzene rings is 2. The Morgan fingerprint density at radius 3 is 2.14 bits per heavy atom. The van der Waals surface area contributed by atoms with Gasteiger partial charge in [0.2, 0.25) is 5.91 Å². The van der Waals surface area contributed by atoms with Crippen molar-refractivity contribution in [2.45, 2.75) is 64.8 Å². The summed E-state index contributed by atoms with van der Waals surface area (Å²) in [6.45, 7) is 10.2. The molecule has 2 atom stereocenters. The van der Waals surface area contributed by atoms with Crippen molar-refractivity contribution in [2.75, 3.05) is 34.8 Å². The lowest BCUT2D eigenvalue weighted by atomic mass is 10.2. The average molecular weight is 609 g/mol. The maximum absolute atomic E-state index is 13.2. The number of halogens is 2. The summed E-state index contributed by atoms with van der Waals surface area (Å²) >= 11 is 0. The molecule has 8 N–H and O–H groups in total. The van der Waals surface area contributed by atoms with E-state index in [0.29, 0.717) is 17.1 Å². The van der Waals surface area contributed by atoms with E-state index < -0.39 is 59.0 Å². The first-order chi connectivity index (χ1) is 19.8. The summed E-state index contributed by atoms with van der Waals surface area (Å²) in [5.74, 6) is -2.61. The number of ether oxygens (including phenoxy) is 2. The van der Waals surface area contributed by atoms with Gasteiger partial charge in [0.05, 0.1) is 22.7 Å². The Balaban J connectivity index is 0.000000300. The van der Waals surface area contributed by atoms with Gasteiger partial charge in [-0.05, 0) is 77.9 Å². The number of nitrogen functional groups attached to an aromatic ring is 1. The Morgan fingerprint density at radius 2 is 1.56 bits per heavy atom. The number of rotatable bonds is 6. The van der Waals surface area contributed by atoms with Gasteiger partial charge in [-0.3, -0.25) is 4.79 Å². The third-order valence-electron chi connectivity index (χ3n) is 5.24. The first-order valence-corrected chi connectivity index (χ1v) is 13.2. The van der Waals surface area contributed by atoms with E-state index in [1.54, 1.807) is 41.5 Å².